The molecule has 2 N–H and O–H groups in total. The molecule has 7 nitrogen and oxygen atoms in total. The van der Waals surface area contributed by atoms with Gasteiger partial charge in [0, 0.05) is 0 Å². The van der Waals surface area contributed by atoms with Crippen molar-refractivity contribution in [3.8, 4) is 0 Å². The number of hydrogen-bond acceptors (Lipinski definition) is 5. The first-order valence-corrected chi connectivity index (χ1v) is 4.74. The van der Waals surface area contributed by atoms with Crippen LogP contribution in [0.5, 0.6) is 0 Å². The van der Waals surface area contributed by atoms with Gasteiger partial charge in [0.15, 0.2) is 0 Å². The molecule has 1 rings (SSSR count). The number of aryl methyl sites for hydroxylation is 2. The van der Waals surface area contributed by atoms with Crippen molar-refractivity contribution in [2.45, 2.75) is 13.8 Å². The fraction of sp³-hybridized carbons (Fsp3) is 0.200. The molecule has 0 bridgehead atoms. The lowest BCUT2D eigenvalue weighted by atomic mass is 10.1. The second-order valence-corrected chi connectivity index (χ2v) is 3.33. The minimum atomic E-state index is -1.10. The van der Waals surface area contributed by atoms with Crippen LogP contribution in [0.3, 0.4) is 0 Å². The Morgan fingerprint density at radius 3 is 2.53 bits per heavy atom. The van der Waals surface area contributed by atoms with E-state index < -0.39 is 11.8 Å². The Morgan fingerprint density at radius 1 is 1.24 bits per heavy atom. The second-order valence-electron chi connectivity index (χ2n) is 3.33. The minimum absolute atomic E-state index is 0.483. The monoisotopic (exact) mass is 233 g/mol. The molecule has 0 aliphatic carbocycles. The molecule has 0 spiro atoms. The van der Waals surface area contributed by atoms with Crippen LogP contribution in [0.15, 0.2) is 33.7 Å². The summed E-state index contributed by atoms with van der Waals surface area (Å²) in [6.45, 7) is 3.85. The maximum atomic E-state index is 11.0. The third-order valence-electron chi connectivity index (χ3n) is 2.10. The lowest BCUT2D eigenvalue weighted by Crippen LogP contribution is -2.24. The van der Waals surface area contributed by atoms with Crippen molar-refractivity contribution in [3.05, 3.63) is 29.3 Å². The zero-order chi connectivity index (χ0) is 12.8. The summed E-state index contributed by atoms with van der Waals surface area (Å²) in [5.74, 6) is -2.19. The maximum absolute atomic E-state index is 11.0. The van der Waals surface area contributed by atoms with Crippen LogP contribution >= 0.6 is 0 Å². The largest absolute Gasteiger partial charge is 0.355 e. The first kappa shape index (κ1) is 12.6. The predicted octanol–water partition coefficient (Wildman–Crippen LogP) is 1.98. The van der Waals surface area contributed by atoms with E-state index in [2.05, 4.69) is 15.5 Å². The zero-order valence-corrected chi connectivity index (χ0v) is 9.39. The average Bonchev–Trinajstić information content (AvgIpc) is 2.30. The number of nitrogens with one attached hydrogen (secondary N) is 2. The SMILES string of the molecule is Cc1ccc(N=NC(=O)C(=O)NN=N)cc1C. The lowest BCUT2D eigenvalue weighted by molar-refractivity contribution is -0.137. The summed E-state index contributed by atoms with van der Waals surface area (Å²) in [5.41, 5.74) is 10.6. The third kappa shape index (κ3) is 3.56. The quantitative estimate of drug-likeness (QED) is 0.462. The van der Waals surface area contributed by atoms with Crippen LogP contribution in [-0.4, -0.2) is 11.8 Å². The van der Waals surface area contributed by atoms with E-state index >= 15 is 0 Å². The van der Waals surface area contributed by atoms with Gasteiger partial charge in [-0.25, -0.2) is 5.43 Å². The van der Waals surface area contributed by atoms with Gasteiger partial charge < -0.3 is 0 Å². The highest BCUT2D eigenvalue weighted by Gasteiger charge is 2.11. The Kier molecular flexibility index (Phi) is 4.15. The minimum Gasteiger partial charge on any atom is -0.261 e. The van der Waals surface area contributed by atoms with Crippen LogP contribution in [0.25, 0.3) is 0 Å². The summed E-state index contributed by atoms with van der Waals surface area (Å²) in [6, 6.07) is 5.28. The highest BCUT2D eigenvalue weighted by atomic mass is 16.2. The van der Waals surface area contributed by atoms with Gasteiger partial charge in [-0.2, -0.15) is 5.53 Å². The van der Waals surface area contributed by atoms with Crippen LogP contribution in [0.2, 0.25) is 0 Å². The Balaban J connectivity index is 2.76. The molecule has 7 heteroatoms. The van der Waals surface area contributed by atoms with Gasteiger partial charge in [-0.05, 0) is 37.1 Å². The molecule has 0 atom stereocenters. The molecule has 0 saturated heterocycles. The van der Waals surface area contributed by atoms with Gasteiger partial charge in [0.25, 0.3) is 0 Å². The molecule has 0 saturated carbocycles. The number of nitrogens with zero attached hydrogens (tertiary/aromatic N) is 3. The van der Waals surface area contributed by atoms with Crippen molar-refractivity contribution >= 4 is 17.5 Å². The van der Waals surface area contributed by atoms with Crippen LogP contribution in [-0.2, 0) is 9.59 Å². The first-order valence-electron chi connectivity index (χ1n) is 4.74. The van der Waals surface area contributed by atoms with E-state index in [9.17, 15) is 9.59 Å². The van der Waals surface area contributed by atoms with E-state index in [1.807, 2.05) is 19.9 Å². The molecule has 2 amide bonds. The molecule has 1 aromatic carbocycles. The normalized spacial score (nSPS) is 10.2. The van der Waals surface area contributed by atoms with Gasteiger partial charge in [0.2, 0.25) is 0 Å². The Bertz CT molecular complexity index is 495. The zero-order valence-electron chi connectivity index (χ0n) is 9.39. The molecule has 0 aliphatic rings. The number of carbonyl (C=O) groups is 2. The molecule has 1 aromatic rings. The Morgan fingerprint density at radius 2 is 1.94 bits per heavy atom. The van der Waals surface area contributed by atoms with Gasteiger partial charge in [-0.1, -0.05) is 11.3 Å². The topological polar surface area (TPSA) is 107 Å². The van der Waals surface area contributed by atoms with Gasteiger partial charge in [0.05, 0.1) is 5.69 Å². The fourth-order valence-corrected chi connectivity index (χ4v) is 1.03. The molecule has 0 radical (unpaired) electrons. The molecular weight excluding hydrogens is 222 g/mol. The molecule has 0 unspecified atom stereocenters. The van der Waals surface area contributed by atoms with Gasteiger partial charge in [0.1, 0.15) is 0 Å². The molecule has 0 heterocycles. The van der Waals surface area contributed by atoms with Crippen LogP contribution in [0.1, 0.15) is 11.1 Å². The van der Waals surface area contributed by atoms with E-state index in [-0.39, 0.29) is 0 Å². The molecule has 0 aliphatic heterocycles. The molecule has 88 valence electrons. The lowest BCUT2D eigenvalue weighted by Gasteiger charge is -1.99. The van der Waals surface area contributed by atoms with Crippen LogP contribution < -0.4 is 5.43 Å². The number of amides is 2. The maximum Gasteiger partial charge on any atom is 0.355 e. The average molecular weight is 233 g/mol. The molecular formula is C10H11N5O2. The second kappa shape index (κ2) is 5.59. The summed E-state index contributed by atoms with van der Waals surface area (Å²) >= 11 is 0. The van der Waals surface area contributed by atoms with E-state index in [1.165, 1.54) is 0 Å². The highest BCUT2D eigenvalue weighted by molar-refractivity contribution is 6.35. The van der Waals surface area contributed by atoms with Gasteiger partial charge in [-0.15, -0.1) is 10.2 Å². The van der Waals surface area contributed by atoms with Crippen molar-refractivity contribution in [1.29, 1.82) is 5.53 Å². The van der Waals surface area contributed by atoms with E-state index in [4.69, 9.17) is 5.53 Å². The van der Waals surface area contributed by atoms with E-state index in [0.29, 0.717) is 5.69 Å². The van der Waals surface area contributed by atoms with Gasteiger partial charge >= 0.3 is 11.8 Å². The number of azo groups is 1. The van der Waals surface area contributed by atoms with E-state index in [0.717, 1.165) is 11.1 Å². The summed E-state index contributed by atoms with van der Waals surface area (Å²) in [4.78, 5) is 21.9. The van der Waals surface area contributed by atoms with Crippen LogP contribution in [0, 0.1) is 19.4 Å². The molecule has 0 aromatic heterocycles. The van der Waals surface area contributed by atoms with Crippen molar-refractivity contribution in [2.24, 2.45) is 15.5 Å². The summed E-state index contributed by atoms with van der Waals surface area (Å²) < 4.78 is 0. The summed E-state index contributed by atoms with van der Waals surface area (Å²) in [7, 11) is 0. The summed E-state index contributed by atoms with van der Waals surface area (Å²) in [5, 5.41) is 9.40. The Labute approximate surface area is 97.4 Å². The van der Waals surface area contributed by atoms with Gasteiger partial charge in [-0.3, -0.25) is 9.59 Å². The van der Waals surface area contributed by atoms with Crippen LogP contribution in [0.4, 0.5) is 5.69 Å². The predicted molar refractivity (Wildman–Crippen MR) is 58.7 cm³/mol. The number of rotatable bonds is 2. The van der Waals surface area contributed by atoms with E-state index in [1.54, 1.807) is 17.6 Å². The number of hydrogen-bond donors (Lipinski definition) is 2. The molecule has 17 heavy (non-hydrogen) atoms. The fourth-order valence-electron chi connectivity index (χ4n) is 1.03. The smallest absolute Gasteiger partial charge is 0.261 e. The first-order chi connectivity index (χ1) is 8.04. The van der Waals surface area contributed by atoms with Crippen molar-refractivity contribution < 1.29 is 9.59 Å². The Hall–Kier alpha value is -2.44. The number of benzene rings is 1. The number of carbonyl (C=O) groups excluding carboxylic acids is 2. The van der Waals surface area contributed by atoms with Crippen molar-refractivity contribution in [3.63, 3.8) is 0 Å². The summed E-state index contributed by atoms with van der Waals surface area (Å²) in [6.07, 6.45) is 0. The van der Waals surface area contributed by atoms with Crippen molar-refractivity contribution in [2.75, 3.05) is 0 Å². The van der Waals surface area contributed by atoms with Crippen molar-refractivity contribution in [1.82, 2.24) is 5.43 Å². The molecule has 0 fully saturated rings. The third-order valence-corrected chi connectivity index (χ3v) is 2.10. The standard InChI is InChI=1S/C10H11N5O2/c1-6-3-4-8(5-7(6)2)12-13-9(16)10(17)14-15-11/h3-5H,1-2H3,(H2,11,14,17). The highest BCUT2D eigenvalue weighted by Crippen LogP contribution is 2.17.